The predicted octanol–water partition coefficient (Wildman–Crippen LogP) is 0.167. The Bertz CT molecular complexity index is 290. The maximum absolute atomic E-state index is 11.9. The number of likely N-dealkylation sites (N-methyl/N-ethyl adjacent to an activating group) is 1. The van der Waals surface area contributed by atoms with Gasteiger partial charge in [-0.25, -0.2) is 0 Å². The summed E-state index contributed by atoms with van der Waals surface area (Å²) in [6.07, 6.45) is 2.06. The van der Waals surface area contributed by atoms with Crippen LogP contribution in [0.1, 0.15) is 26.2 Å². The molecule has 0 unspecified atom stereocenters. The van der Waals surface area contributed by atoms with Crippen molar-refractivity contribution in [1.82, 2.24) is 10.2 Å². The van der Waals surface area contributed by atoms with Crippen LogP contribution in [-0.2, 0) is 19.1 Å². The number of hydrogen-bond acceptors (Lipinski definition) is 5. The second-order valence-electron chi connectivity index (χ2n) is 4.65. The summed E-state index contributed by atoms with van der Waals surface area (Å²) in [6.45, 7) is 5.00. The van der Waals surface area contributed by atoms with Gasteiger partial charge in [0.1, 0.15) is 0 Å². The highest BCUT2D eigenvalue weighted by Gasteiger charge is 2.17. The van der Waals surface area contributed by atoms with E-state index in [9.17, 15) is 9.59 Å². The molecule has 110 valence electrons. The zero-order chi connectivity index (χ0) is 14.1. The van der Waals surface area contributed by atoms with Crippen molar-refractivity contribution in [3.05, 3.63) is 0 Å². The number of nitrogens with one attached hydrogen (secondary N) is 1. The van der Waals surface area contributed by atoms with Crippen molar-refractivity contribution in [3.8, 4) is 0 Å². The predicted molar refractivity (Wildman–Crippen MR) is 70.7 cm³/mol. The first-order chi connectivity index (χ1) is 9.15. The molecular formula is C13H24N2O4. The summed E-state index contributed by atoms with van der Waals surface area (Å²) < 4.78 is 9.84. The van der Waals surface area contributed by atoms with E-state index in [2.05, 4.69) is 10.1 Å². The number of rotatable bonds is 7. The van der Waals surface area contributed by atoms with Crippen LogP contribution in [0.5, 0.6) is 0 Å². The fourth-order valence-corrected chi connectivity index (χ4v) is 2.02. The fourth-order valence-electron chi connectivity index (χ4n) is 2.02. The highest BCUT2D eigenvalue weighted by Crippen LogP contribution is 2.06. The Morgan fingerprint density at radius 1 is 1.37 bits per heavy atom. The third-order valence-electron chi connectivity index (χ3n) is 3.26. The van der Waals surface area contributed by atoms with Gasteiger partial charge in [0.15, 0.2) is 0 Å². The molecule has 1 aliphatic rings. The van der Waals surface area contributed by atoms with Gasteiger partial charge in [-0.05, 0) is 19.4 Å². The molecule has 0 radical (unpaired) electrons. The molecule has 0 bridgehead atoms. The molecular weight excluding hydrogens is 248 g/mol. The maximum atomic E-state index is 11.9. The third kappa shape index (κ3) is 6.54. The van der Waals surface area contributed by atoms with Crippen LogP contribution >= 0.6 is 0 Å². The van der Waals surface area contributed by atoms with Gasteiger partial charge < -0.3 is 14.8 Å². The molecule has 1 N–H and O–H groups in total. The summed E-state index contributed by atoms with van der Waals surface area (Å²) in [7, 11) is 1.37. The molecule has 0 aromatic carbocycles. The summed E-state index contributed by atoms with van der Waals surface area (Å²) in [5.41, 5.74) is 0. The average Bonchev–Trinajstić information content (AvgIpc) is 2.44. The molecule has 0 saturated carbocycles. The second kappa shape index (κ2) is 8.87. The largest absolute Gasteiger partial charge is 0.469 e. The highest BCUT2D eigenvalue weighted by molar-refractivity contribution is 5.78. The number of carbonyl (C=O) groups is 2. The Labute approximate surface area is 114 Å². The fraction of sp³-hybridized carbons (Fsp3) is 0.846. The van der Waals surface area contributed by atoms with E-state index < -0.39 is 0 Å². The molecule has 1 amide bonds. The van der Waals surface area contributed by atoms with Gasteiger partial charge in [-0.3, -0.25) is 14.5 Å². The Morgan fingerprint density at radius 3 is 2.63 bits per heavy atom. The Morgan fingerprint density at radius 2 is 2.05 bits per heavy atom. The van der Waals surface area contributed by atoms with Gasteiger partial charge >= 0.3 is 5.97 Å². The number of amides is 1. The normalized spacial score (nSPS) is 16.4. The highest BCUT2D eigenvalue weighted by atomic mass is 16.5. The van der Waals surface area contributed by atoms with Crippen molar-refractivity contribution < 1.29 is 19.1 Å². The van der Waals surface area contributed by atoms with Gasteiger partial charge in [-0.2, -0.15) is 0 Å². The molecule has 0 spiro atoms. The average molecular weight is 272 g/mol. The number of ether oxygens (including phenoxy) is 2. The van der Waals surface area contributed by atoms with Crippen LogP contribution in [0.3, 0.4) is 0 Å². The molecule has 1 fully saturated rings. The molecule has 1 saturated heterocycles. The van der Waals surface area contributed by atoms with E-state index in [0.29, 0.717) is 32.7 Å². The molecule has 1 heterocycles. The zero-order valence-corrected chi connectivity index (χ0v) is 11.8. The molecule has 6 nitrogen and oxygen atoms in total. The summed E-state index contributed by atoms with van der Waals surface area (Å²) in [4.78, 5) is 24.9. The lowest BCUT2D eigenvalue weighted by Crippen LogP contribution is -2.44. The first kappa shape index (κ1) is 15.9. The van der Waals surface area contributed by atoms with Gasteiger partial charge in [-0.15, -0.1) is 0 Å². The van der Waals surface area contributed by atoms with Gasteiger partial charge in [-0.1, -0.05) is 6.92 Å². The van der Waals surface area contributed by atoms with Crippen LogP contribution in [0.15, 0.2) is 0 Å². The zero-order valence-electron chi connectivity index (χ0n) is 11.8. The quantitative estimate of drug-likeness (QED) is 0.669. The van der Waals surface area contributed by atoms with E-state index in [1.807, 2.05) is 11.8 Å². The first-order valence-electron chi connectivity index (χ1n) is 6.82. The molecule has 0 aliphatic carbocycles. The molecule has 1 aliphatic heterocycles. The van der Waals surface area contributed by atoms with Crippen molar-refractivity contribution >= 4 is 11.9 Å². The van der Waals surface area contributed by atoms with E-state index in [0.717, 1.165) is 19.4 Å². The summed E-state index contributed by atoms with van der Waals surface area (Å²) in [5.74, 6) is -0.234. The molecule has 0 aromatic rings. The van der Waals surface area contributed by atoms with Crippen LogP contribution in [0.4, 0.5) is 0 Å². The Balaban J connectivity index is 2.25. The topological polar surface area (TPSA) is 67.9 Å². The van der Waals surface area contributed by atoms with Crippen molar-refractivity contribution in [2.75, 3.05) is 40.0 Å². The number of methoxy groups -OCH3 is 1. The number of nitrogens with zero attached hydrogens (tertiary/aromatic N) is 1. The van der Waals surface area contributed by atoms with Gasteiger partial charge in [0, 0.05) is 25.8 Å². The van der Waals surface area contributed by atoms with E-state index in [1.165, 1.54) is 7.11 Å². The van der Waals surface area contributed by atoms with Crippen LogP contribution in [-0.4, -0.2) is 62.8 Å². The first-order valence-corrected chi connectivity index (χ1v) is 6.82. The summed E-state index contributed by atoms with van der Waals surface area (Å²) in [5, 5.41) is 3.01. The minimum atomic E-state index is -0.247. The third-order valence-corrected chi connectivity index (χ3v) is 3.26. The van der Waals surface area contributed by atoms with Crippen molar-refractivity contribution in [2.24, 2.45) is 0 Å². The van der Waals surface area contributed by atoms with Gasteiger partial charge in [0.25, 0.3) is 0 Å². The Kier molecular flexibility index (Phi) is 7.43. The molecule has 19 heavy (non-hydrogen) atoms. The second-order valence-corrected chi connectivity index (χ2v) is 4.65. The minimum Gasteiger partial charge on any atom is -0.469 e. The van der Waals surface area contributed by atoms with Crippen molar-refractivity contribution in [1.29, 1.82) is 0 Å². The van der Waals surface area contributed by atoms with Gasteiger partial charge in [0.2, 0.25) is 5.91 Å². The molecule has 6 heteroatoms. The van der Waals surface area contributed by atoms with Crippen molar-refractivity contribution in [2.45, 2.75) is 32.2 Å². The van der Waals surface area contributed by atoms with Crippen LogP contribution in [0.2, 0.25) is 0 Å². The monoisotopic (exact) mass is 272 g/mol. The van der Waals surface area contributed by atoms with Gasteiger partial charge in [0.05, 0.1) is 20.1 Å². The van der Waals surface area contributed by atoms with E-state index in [4.69, 9.17) is 4.74 Å². The number of esters is 1. The molecule has 1 rings (SSSR count). The van der Waals surface area contributed by atoms with Crippen LogP contribution in [0.25, 0.3) is 0 Å². The van der Waals surface area contributed by atoms with E-state index >= 15 is 0 Å². The number of hydrogen-bond donors (Lipinski definition) is 1. The van der Waals surface area contributed by atoms with Crippen LogP contribution < -0.4 is 5.32 Å². The Hall–Kier alpha value is -1.14. The SMILES string of the molecule is CCN(CCC(=O)OC)CC(=O)NC1CCOCC1. The van der Waals surface area contributed by atoms with Crippen LogP contribution in [0, 0.1) is 0 Å². The minimum absolute atomic E-state index is 0.0126. The lowest BCUT2D eigenvalue weighted by molar-refractivity contribution is -0.141. The lowest BCUT2D eigenvalue weighted by Gasteiger charge is -2.25. The smallest absolute Gasteiger partial charge is 0.306 e. The summed E-state index contributed by atoms with van der Waals surface area (Å²) in [6, 6.07) is 0.223. The standard InChI is InChI=1S/C13H24N2O4/c1-3-15(7-4-13(17)18-2)10-12(16)14-11-5-8-19-9-6-11/h11H,3-10H2,1-2H3,(H,14,16). The van der Waals surface area contributed by atoms with E-state index in [-0.39, 0.29) is 17.9 Å². The number of carbonyl (C=O) groups excluding carboxylic acids is 2. The molecule has 0 aromatic heterocycles. The molecule has 0 atom stereocenters. The summed E-state index contributed by atoms with van der Waals surface area (Å²) >= 11 is 0. The lowest BCUT2D eigenvalue weighted by atomic mass is 10.1. The van der Waals surface area contributed by atoms with Crippen molar-refractivity contribution in [3.63, 3.8) is 0 Å². The maximum Gasteiger partial charge on any atom is 0.306 e. The van der Waals surface area contributed by atoms with E-state index in [1.54, 1.807) is 0 Å².